The number of aromatic hydroxyl groups is 1. The Labute approximate surface area is 300 Å². The van der Waals surface area contributed by atoms with E-state index < -0.39 is 11.8 Å². The quantitative estimate of drug-likeness (QED) is 0.0602. The van der Waals surface area contributed by atoms with Gasteiger partial charge in [0.2, 0.25) is 11.7 Å². The summed E-state index contributed by atoms with van der Waals surface area (Å²) < 4.78 is 13.9. The number of hydrogen-bond acceptors (Lipinski definition) is 8. The van der Waals surface area contributed by atoms with Crippen molar-refractivity contribution in [1.29, 1.82) is 0 Å². The first-order chi connectivity index (χ1) is 24.4. The largest absolute Gasteiger partial charge is 0.508 e. The Morgan fingerprint density at radius 1 is 1.02 bits per heavy atom. The van der Waals surface area contributed by atoms with Crippen LogP contribution in [0.15, 0.2) is 47.7 Å². The lowest BCUT2D eigenvalue weighted by Crippen LogP contribution is -2.69. The number of rotatable bonds is 23. The summed E-state index contributed by atoms with van der Waals surface area (Å²) in [7, 11) is 3.42. The highest BCUT2D eigenvalue weighted by Crippen LogP contribution is 2.61. The first-order valence-electron chi connectivity index (χ1n) is 19.4. The van der Waals surface area contributed by atoms with Gasteiger partial charge in [0, 0.05) is 44.6 Å². The normalized spacial score (nSPS) is 26.1. The SMILES string of the molecule is C=CCOC12Oc3ccc(O)cc3C3C(CCCCO)C(CCCCO)C=C(C(=NOC)CC1N(C)C(=O)CCCCCCCCCCC)C32. The second kappa shape index (κ2) is 20.2. The molecule has 3 aliphatic rings. The molecule has 0 radical (unpaired) electrons. The van der Waals surface area contributed by atoms with Gasteiger partial charge in [0.05, 0.1) is 18.2 Å². The highest BCUT2D eigenvalue weighted by molar-refractivity contribution is 6.03. The maximum atomic E-state index is 14.0. The van der Waals surface area contributed by atoms with E-state index >= 15 is 0 Å². The fourth-order valence-corrected chi connectivity index (χ4v) is 8.78. The fourth-order valence-electron chi connectivity index (χ4n) is 8.78. The Morgan fingerprint density at radius 3 is 2.36 bits per heavy atom. The van der Waals surface area contributed by atoms with E-state index in [9.17, 15) is 20.1 Å². The van der Waals surface area contributed by atoms with Gasteiger partial charge in [-0.1, -0.05) is 88.4 Å². The molecule has 0 bridgehead atoms. The zero-order valence-electron chi connectivity index (χ0n) is 31.0. The van der Waals surface area contributed by atoms with Gasteiger partial charge in [0.1, 0.15) is 24.7 Å². The standard InChI is InChI=1S/C41H64N2O7/c1-5-7-8-9-10-11-12-13-14-21-38(47)43(3)37-29-35(42-48-4)33-27-30(19-15-17-24-44)32(20-16-18-25-45)39-34-28-31(46)22-23-36(34)50-41(37,40(33)39)49-26-6-2/h6,22-23,27-28,30,32,37,39-40,44-46H,2,5,7-21,24-26,29H2,1,3-4H3. The molecule has 9 nitrogen and oxygen atoms in total. The number of oxime groups is 1. The Balaban J connectivity index is 1.73. The van der Waals surface area contributed by atoms with Crippen molar-refractivity contribution >= 4 is 11.6 Å². The second-order valence-corrected chi connectivity index (χ2v) is 14.6. The molecule has 6 unspecified atom stereocenters. The van der Waals surface area contributed by atoms with E-state index in [1.54, 1.807) is 19.3 Å². The lowest BCUT2D eigenvalue weighted by Gasteiger charge is -2.59. The summed E-state index contributed by atoms with van der Waals surface area (Å²) in [6, 6.07) is 4.79. The number of phenols is 1. The summed E-state index contributed by atoms with van der Waals surface area (Å²) in [5, 5.41) is 34.7. The number of hydrogen-bond donors (Lipinski definition) is 3. The first-order valence-corrected chi connectivity index (χ1v) is 19.4. The van der Waals surface area contributed by atoms with Crippen molar-refractivity contribution in [1.82, 2.24) is 4.90 Å². The number of carbonyl (C=O) groups excluding carboxylic acids is 1. The molecule has 1 aliphatic heterocycles. The molecule has 0 saturated heterocycles. The summed E-state index contributed by atoms with van der Waals surface area (Å²) in [6.07, 6.45) is 20.4. The van der Waals surface area contributed by atoms with Crippen LogP contribution >= 0.6 is 0 Å². The predicted octanol–water partition coefficient (Wildman–Crippen LogP) is 8.03. The maximum Gasteiger partial charge on any atom is 0.239 e. The highest BCUT2D eigenvalue weighted by Gasteiger charge is 2.65. The van der Waals surface area contributed by atoms with Gasteiger partial charge in [-0.15, -0.1) is 6.58 Å². The molecule has 1 aromatic rings. The minimum absolute atomic E-state index is 0.0533. The van der Waals surface area contributed by atoms with Gasteiger partial charge >= 0.3 is 0 Å². The third-order valence-electron chi connectivity index (χ3n) is 11.2. The molecule has 6 atom stereocenters. The van der Waals surface area contributed by atoms with Crippen LogP contribution in [0.25, 0.3) is 0 Å². The van der Waals surface area contributed by atoms with Crippen molar-refractivity contribution in [3.05, 3.63) is 48.1 Å². The molecule has 4 rings (SSSR count). The van der Waals surface area contributed by atoms with E-state index in [0.29, 0.717) is 25.0 Å². The molecule has 280 valence electrons. The van der Waals surface area contributed by atoms with Crippen molar-refractivity contribution in [2.45, 2.75) is 134 Å². The van der Waals surface area contributed by atoms with Gasteiger partial charge in [-0.25, -0.2) is 0 Å². The molecule has 1 saturated carbocycles. The van der Waals surface area contributed by atoms with Crippen LogP contribution in [0.1, 0.15) is 128 Å². The number of benzene rings is 1. The Morgan fingerprint density at radius 2 is 1.70 bits per heavy atom. The summed E-state index contributed by atoms with van der Waals surface area (Å²) in [6.45, 7) is 6.70. The number of nitrogens with zero attached hydrogens (tertiary/aromatic N) is 2. The lowest BCUT2D eigenvalue weighted by molar-refractivity contribution is -0.255. The van der Waals surface area contributed by atoms with Gasteiger partial charge in [-0.2, -0.15) is 0 Å². The van der Waals surface area contributed by atoms with Gasteiger partial charge in [0.25, 0.3) is 0 Å². The summed E-state index contributed by atoms with van der Waals surface area (Å²) in [5.74, 6) is -0.553. The smallest absolute Gasteiger partial charge is 0.239 e. The number of carbonyl (C=O) groups is 1. The third kappa shape index (κ3) is 9.51. The number of amides is 1. The number of unbranched alkanes of at least 4 members (excludes halogenated alkanes) is 10. The average molecular weight is 697 g/mol. The fraction of sp³-hybridized carbons (Fsp3) is 0.707. The summed E-state index contributed by atoms with van der Waals surface area (Å²) in [4.78, 5) is 21.3. The number of aliphatic hydroxyl groups excluding tert-OH is 2. The molecule has 1 heterocycles. The van der Waals surface area contributed by atoms with Crippen LogP contribution in [0.3, 0.4) is 0 Å². The van der Waals surface area contributed by atoms with E-state index in [1.807, 2.05) is 24.1 Å². The van der Waals surface area contributed by atoms with Crippen LogP contribution in [0.4, 0.5) is 0 Å². The molecule has 3 N–H and O–H groups in total. The van der Waals surface area contributed by atoms with E-state index in [0.717, 1.165) is 68.2 Å². The van der Waals surface area contributed by atoms with Crippen molar-refractivity contribution in [3.8, 4) is 11.5 Å². The maximum absolute atomic E-state index is 14.0. The van der Waals surface area contributed by atoms with Crippen LogP contribution in [0, 0.1) is 17.8 Å². The van der Waals surface area contributed by atoms with Gasteiger partial charge in [0.15, 0.2) is 0 Å². The van der Waals surface area contributed by atoms with Crippen LogP contribution in [0.2, 0.25) is 0 Å². The highest BCUT2D eigenvalue weighted by atomic mass is 16.7. The zero-order valence-corrected chi connectivity index (χ0v) is 31.0. The minimum Gasteiger partial charge on any atom is -0.508 e. The molecule has 9 heteroatoms. The Kier molecular flexibility index (Phi) is 16.1. The molecule has 1 aromatic carbocycles. The molecule has 1 amide bonds. The minimum atomic E-state index is -1.24. The third-order valence-corrected chi connectivity index (χ3v) is 11.2. The van der Waals surface area contributed by atoms with Crippen molar-refractivity contribution in [3.63, 3.8) is 0 Å². The summed E-state index contributed by atoms with van der Waals surface area (Å²) >= 11 is 0. The van der Waals surface area contributed by atoms with Crippen molar-refractivity contribution < 1.29 is 34.4 Å². The number of allylic oxidation sites excluding steroid dienone is 1. The topological polar surface area (TPSA) is 121 Å². The predicted molar refractivity (Wildman–Crippen MR) is 198 cm³/mol. The monoisotopic (exact) mass is 696 g/mol. The van der Waals surface area contributed by atoms with Crippen LogP contribution in [-0.4, -0.2) is 77.6 Å². The first kappa shape index (κ1) is 39.9. The van der Waals surface area contributed by atoms with E-state index in [1.165, 1.54) is 38.5 Å². The molecule has 50 heavy (non-hydrogen) atoms. The average Bonchev–Trinajstić information content (AvgIpc) is 3.11. The van der Waals surface area contributed by atoms with Crippen molar-refractivity contribution in [2.75, 3.05) is 34.0 Å². The lowest BCUT2D eigenvalue weighted by atomic mass is 9.55. The van der Waals surface area contributed by atoms with Crippen LogP contribution in [-0.2, 0) is 14.4 Å². The molecular formula is C41H64N2O7. The number of likely N-dealkylation sites (N-methyl/N-ethyl adjacent to an activating group) is 1. The molecule has 0 spiro atoms. The van der Waals surface area contributed by atoms with Gasteiger partial charge in [-0.3, -0.25) is 4.79 Å². The van der Waals surface area contributed by atoms with E-state index in [4.69, 9.17) is 14.3 Å². The number of aliphatic hydroxyl groups is 2. The molecule has 0 aromatic heterocycles. The van der Waals surface area contributed by atoms with Crippen LogP contribution in [0.5, 0.6) is 11.5 Å². The summed E-state index contributed by atoms with van der Waals surface area (Å²) in [5.41, 5.74) is 2.69. The second-order valence-electron chi connectivity index (χ2n) is 14.6. The molecule has 1 fully saturated rings. The van der Waals surface area contributed by atoms with Gasteiger partial charge < -0.3 is 34.5 Å². The van der Waals surface area contributed by atoms with E-state index in [2.05, 4.69) is 24.7 Å². The molecular weight excluding hydrogens is 632 g/mol. The van der Waals surface area contributed by atoms with Crippen molar-refractivity contribution in [2.24, 2.45) is 22.9 Å². The molecule has 2 aliphatic carbocycles. The Bertz CT molecular complexity index is 1280. The van der Waals surface area contributed by atoms with Crippen LogP contribution < -0.4 is 4.74 Å². The van der Waals surface area contributed by atoms with Gasteiger partial charge in [-0.05, 0) is 67.7 Å². The Hall–Kier alpha value is -2.88. The number of fused-ring (bicyclic) bond motifs is 2. The zero-order chi connectivity index (χ0) is 35.9. The number of phenolic OH excluding ortho intramolecular Hbond substituents is 1. The number of ether oxygens (including phenoxy) is 2. The van der Waals surface area contributed by atoms with E-state index in [-0.39, 0.29) is 55.1 Å².